The summed E-state index contributed by atoms with van der Waals surface area (Å²) in [5.41, 5.74) is 2.41. The Labute approximate surface area is 120 Å². The fourth-order valence-electron chi connectivity index (χ4n) is 1.93. The third-order valence-corrected chi connectivity index (χ3v) is 3.19. The molecule has 0 unspecified atom stereocenters. The summed E-state index contributed by atoms with van der Waals surface area (Å²) in [5.74, 6) is -0.0340. The number of carbonyl (C=O) groups is 2. The van der Waals surface area contributed by atoms with Gasteiger partial charge >= 0.3 is 0 Å². The van der Waals surface area contributed by atoms with Crippen LogP contribution in [0.5, 0.6) is 0 Å². The van der Waals surface area contributed by atoms with Gasteiger partial charge < -0.3 is 15.5 Å². The first-order valence-corrected chi connectivity index (χ1v) is 6.65. The lowest BCUT2D eigenvalue weighted by molar-refractivity contribution is -0.128. The molecule has 0 bridgehead atoms. The molecular formula is C15H23N3O2. The first kappa shape index (κ1) is 16.0. The van der Waals surface area contributed by atoms with Crippen LogP contribution in [0.2, 0.25) is 0 Å². The largest absolute Gasteiger partial charge is 0.382 e. The molecule has 1 rings (SSSR count). The fraction of sp³-hybridized carbons (Fsp3) is 0.467. The predicted octanol–water partition coefficient (Wildman–Crippen LogP) is 1.63. The van der Waals surface area contributed by atoms with E-state index < -0.39 is 0 Å². The molecule has 0 spiro atoms. The van der Waals surface area contributed by atoms with Crippen LogP contribution in [0.4, 0.5) is 5.69 Å². The Morgan fingerprint density at radius 2 is 1.95 bits per heavy atom. The summed E-state index contributed by atoms with van der Waals surface area (Å²) in [6.45, 7) is 3.85. The zero-order valence-electron chi connectivity index (χ0n) is 12.8. The van der Waals surface area contributed by atoms with E-state index in [9.17, 15) is 9.59 Å². The van der Waals surface area contributed by atoms with Crippen molar-refractivity contribution in [2.45, 2.75) is 26.3 Å². The van der Waals surface area contributed by atoms with Gasteiger partial charge in [-0.15, -0.1) is 0 Å². The van der Waals surface area contributed by atoms with Crippen molar-refractivity contribution < 1.29 is 9.59 Å². The van der Waals surface area contributed by atoms with Crippen LogP contribution in [0.3, 0.4) is 0 Å². The standard InChI is InChI=1S/C15H23N3O2/c1-10(9-14(19)18(4)5)17-13-8-6-7-12(11(13)2)15(20)16-3/h6-8,10,17H,9H2,1-5H3,(H,16,20)/t10-/m0/s1. The Hall–Kier alpha value is -2.04. The fourth-order valence-corrected chi connectivity index (χ4v) is 1.93. The Bertz CT molecular complexity index is 498. The van der Waals surface area contributed by atoms with Crippen LogP contribution in [-0.2, 0) is 4.79 Å². The van der Waals surface area contributed by atoms with Gasteiger partial charge in [0, 0.05) is 44.9 Å². The number of benzene rings is 1. The van der Waals surface area contributed by atoms with Crippen LogP contribution in [0.25, 0.3) is 0 Å². The number of anilines is 1. The van der Waals surface area contributed by atoms with Crippen molar-refractivity contribution in [3.05, 3.63) is 29.3 Å². The number of hydrogen-bond acceptors (Lipinski definition) is 3. The molecule has 0 heterocycles. The number of nitrogens with zero attached hydrogens (tertiary/aromatic N) is 1. The van der Waals surface area contributed by atoms with E-state index in [0.717, 1.165) is 11.3 Å². The van der Waals surface area contributed by atoms with E-state index in [1.165, 1.54) is 0 Å². The number of nitrogens with one attached hydrogen (secondary N) is 2. The van der Waals surface area contributed by atoms with Gasteiger partial charge in [-0.2, -0.15) is 0 Å². The Balaban J connectivity index is 2.83. The van der Waals surface area contributed by atoms with Gasteiger partial charge in [0.2, 0.25) is 5.91 Å². The van der Waals surface area contributed by atoms with E-state index in [-0.39, 0.29) is 17.9 Å². The maximum atomic E-state index is 11.7. The molecule has 1 aromatic rings. The molecular weight excluding hydrogens is 254 g/mol. The molecule has 0 aliphatic carbocycles. The second-order valence-corrected chi connectivity index (χ2v) is 5.09. The molecule has 0 aromatic heterocycles. The first-order valence-electron chi connectivity index (χ1n) is 6.65. The molecule has 5 nitrogen and oxygen atoms in total. The summed E-state index contributed by atoms with van der Waals surface area (Å²) >= 11 is 0. The molecule has 5 heteroatoms. The topological polar surface area (TPSA) is 61.4 Å². The molecule has 0 fully saturated rings. The maximum Gasteiger partial charge on any atom is 0.251 e. The maximum absolute atomic E-state index is 11.7. The normalized spacial score (nSPS) is 11.7. The minimum atomic E-state index is -0.108. The van der Waals surface area contributed by atoms with E-state index in [1.807, 2.05) is 26.0 Å². The molecule has 0 aliphatic rings. The highest BCUT2D eigenvalue weighted by Crippen LogP contribution is 2.20. The van der Waals surface area contributed by atoms with Crippen molar-refractivity contribution in [2.75, 3.05) is 26.5 Å². The SMILES string of the molecule is CNC(=O)c1cccc(N[C@@H](C)CC(=O)N(C)C)c1C. The Morgan fingerprint density at radius 1 is 1.30 bits per heavy atom. The van der Waals surface area contributed by atoms with Crippen LogP contribution in [0.1, 0.15) is 29.3 Å². The van der Waals surface area contributed by atoms with Gasteiger partial charge in [0.1, 0.15) is 0 Å². The highest BCUT2D eigenvalue weighted by molar-refractivity contribution is 5.96. The van der Waals surface area contributed by atoms with Crippen LogP contribution >= 0.6 is 0 Å². The number of carbonyl (C=O) groups excluding carboxylic acids is 2. The molecule has 1 aromatic carbocycles. The molecule has 2 amide bonds. The number of amides is 2. The summed E-state index contributed by atoms with van der Waals surface area (Å²) in [4.78, 5) is 25.0. The van der Waals surface area contributed by atoms with E-state index in [2.05, 4.69) is 10.6 Å². The molecule has 1 atom stereocenters. The third kappa shape index (κ3) is 3.98. The van der Waals surface area contributed by atoms with Gasteiger partial charge in [-0.1, -0.05) is 6.07 Å². The summed E-state index contributed by atoms with van der Waals surface area (Å²) in [6, 6.07) is 5.54. The van der Waals surface area contributed by atoms with E-state index in [1.54, 1.807) is 32.1 Å². The molecule has 0 radical (unpaired) electrons. The van der Waals surface area contributed by atoms with Crippen molar-refractivity contribution in [1.29, 1.82) is 0 Å². The van der Waals surface area contributed by atoms with Crippen molar-refractivity contribution in [1.82, 2.24) is 10.2 Å². The highest BCUT2D eigenvalue weighted by Gasteiger charge is 2.14. The average Bonchev–Trinajstić information content (AvgIpc) is 2.40. The Morgan fingerprint density at radius 3 is 2.50 bits per heavy atom. The summed E-state index contributed by atoms with van der Waals surface area (Å²) < 4.78 is 0. The van der Waals surface area contributed by atoms with E-state index in [0.29, 0.717) is 12.0 Å². The first-order chi connectivity index (χ1) is 9.36. The summed E-state index contributed by atoms with van der Waals surface area (Å²) in [7, 11) is 5.10. The number of hydrogen-bond donors (Lipinski definition) is 2. The second-order valence-electron chi connectivity index (χ2n) is 5.09. The van der Waals surface area contributed by atoms with Crippen LogP contribution < -0.4 is 10.6 Å². The summed E-state index contributed by atoms with van der Waals surface area (Å²) in [6.07, 6.45) is 0.413. The minimum absolute atomic E-state index is 0.00328. The zero-order chi connectivity index (χ0) is 15.3. The lowest BCUT2D eigenvalue weighted by atomic mass is 10.0. The molecule has 110 valence electrons. The smallest absolute Gasteiger partial charge is 0.251 e. The number of rotatable bonds is 5. The van der Waals surface area contributed by atoms with Gasteiger partial charge in [-0.25, -0.2) is 0 Å². The van der Waals surface area contributed by atoms with Crippen molar-refractivity contribution in [3.63, 3.8) is 0 Å². The van der Waals surface area contributed by atoms with Gasteiger partial charge in [0.25, 0.3) is 5.91 Å². The molecule has 0 aliphatic heterocycles. The molecule has 2 N–H and O–H groups in total. The Kier molecular flexibility index (Phi) is 5.55. The van der Waals surface area contributed by atoms with Crippen molar-refractivity contribution in [3.8, 4) is 0 Å². The van der Waals surface area contributed by atoms with Gasteiger partial charge in [-0.3, -0.25) is 9.59 Å². The quantitative estimate of drug-likeness (QED) is 0.860. The summed E-state index contributed by atoms with van der Waals surface area (Å²) in [5, 5.41) is 5.91. The van der Waals surface area contributed by atoms with Gasteiger partial charge in [-0.05, 0) is 31.5 Å². The third-order valence-electron chi connectivity index (χ3n) is 3.19. The molecule has 0 saturated heterocycles. The van der Waals surface area contributed by atoms with Crippen molar-refractivity contribution in [2.24, 2.45) is 0 Å². The van der Waals surface area contributed by atoms with Crippen molar-refractivity contribution >= 4 is 17.5 Å². The van der Waals surface area contributed by atoms with Gasteiger partial charge in [0.15, 0.2) is 0 Å². The lowest BCUT2D eigenvalue weighted by Crippen LogP contribution is -2.29. The van der Waals surface area contributed by atoms with E-state index >= 15 is 0 Å². The zero-order valence-corrected chi connectivity index (χ0v) is 12.8. The van der Waals surface area contributed by atoms with Crippen LogP contribution in [0, 0.1) is 6.92 Å². The highest BCUT2D eigenvalue weighted by atomic mass is 16.2. The average molecular weight is 277 g/mol. The predicted molar refractivity (Wildman–Crippen MR) is 81.0 cm³/mol. The van der Waals surface area contributed by atoms with Gasteiger partial charge in [0.05, 0.1) is 0 Å². The van der Waals surface area contributed by atoms with Crippen LogP contribution in [0.15, 0.2) is 18.2 Å². The van der Waals surface area contributed by atoms with Crippen LogP contribution in [-0.4, -0.2) is 43.9 Å². The monoisotopic (exact) mass is 277 g/mol. The molecule has 20 heavy (non-hydrogen) atoms. The second kappa shape index (κ2) is 6.93. The lowest BCUT2D eigenvalue weighted by Gasteiger charge is -2.19. The minimum Gasteiger partial charge on any atom is -0.382 e. The van der Waals surface area contributed by atoms with E-state index in [4.69, 9.17) is 0 Å². The molecule has 0 saturated carbocycles.